The van der Waals surface area contributed by atoms with Crippen LogP contribution in [0.2, 0.25) is 0 Å². The molecule has 0 saturated heterocycles. The molecule has 0 aliphatic heterocycles. The van der Waals surface area contributed by atoms with Crippen molar-refractivity contribution in [2.75, 3.05) is 0 Å². The van der Waals surface area contributed by atoms with E-state index >= 15 is 0 Å². The molecule has 0 unspecified atom stereocenters. The maximum Gasteiger partial charge on any atom is 0.350 e. The SMILES string of the molecule is O=c1[nH]nc2ccc(Br)c(Oc3ccccc3)n12. The molecule has 1 N–H and O–H groups in total. The van der Waals surface area contributed by atoms with Gasteiger partial charge in [-0.05, 0) is 40.2 Å². The van der Waals surface area contributed by atoms with E-state index in [0.29, 0.717) is 21.7 Å². The monoisotopic (exact) mass is 305 g/mol. The van der Waals surface area contributed by atoms with Crippen LogP contribution in [0, 0.1) is 0 Å². The Hall–Kier alpha value is -2.08. The van der Waals surface area contributed by atoms with Crippen molar-refractivity contribution >= 4 is 21.6 Å². The van der Waals surface area contributed by atoms with Crippen LogP contribution in [-0.2, 0) is 0 Å². The van der Waals surface area contributed by atoms with Gasteiger partial charge in [-0.3, -0.25) is 0 Å². The average Bonchev–Trinajstić information content (AvgIpc) is 2.76. The quantitative estimate of drug-likeness (QED) is 0.791. The number of ether oxygens (including phenoxy) is 1. The zero-order chi connectivity index (χ0) is 12.5. The van der Waals surface area contributed by atoms with Crippen molar-refractivity contribution in [3.05, 3.63) is 57.4 Å². The second kappa shape index (κ2) is 4.30. The van der Waals surface area contributed by atoms with Crippen molar-refractivity contribution < 1.29 is 4.74 Å². The van der Waals surface area contributed by atoms with Gasteiger partial charge in [0.25, 0.3) is 0 Å². The molecule has 3 aromatic rings. The third-order valence-corrected chi connectivity index (χ3v) is 3.05. The molecule has 2 aromatic heterocycles. The molecule has 90 valence electrons. The molecule has 18 heavy (non-hydrogen) atoms. The Balaban J connectivity index is 2.19. The van der Waals surface area contributed by atoms with Gasteiger partial charge in [0, 0.05) is 0 Å². The van der Waals surface area contributed by atoms with Gasteiger partial charge in [-0.2, -0.15) is 5.10 Å². The molecule has 1 aromatic carbocycles. The van der Waals surface area contributed by atoms with Crippen molar-refractivity contribution in [3.63, 3.8) is 0 Å². The number of H-pyrrole nitrogens is 1. The second-order valence-corrected chi connectivity index (χ2v) is 4.48. The van der Waals surface area contributed by atoms with Crippen LogP contribution >= 0.6 is 15.9 Å². The Labute approximate surface area is 110 Å². The Morgan fingerprint density at radius 1 is 1.17 bits per heavy atom. The van der Waals surface area contributed by atoms with E-state index < -0.39 is 0 Å². The second-order valence-electron chi connectivity index (χ2n) is 3.62. The Morgan fingerprint density at radius 3 is 2.72 bits per heavy atom. The van der Waals surface area contributed by atoms with Crippen LogP contribution < -0.4 is 10.4 Å². The molecule has 0 bridgehead atoms. The van der Waals surface area contributed by atoms with Crippen LogP contribution in [-0.4, -0.2) is 14.6 Å². The molecule has 0 fully saturated rings. The van der Waals surface area contributed by atoms with Crippen LogP contribution in [0.4, 0.5) is 0 Å². The highest BCUT2D eigenvalue weighted by atomic mass is 79.9. The average molecular weight is 306 g/mol. The number of para-hydroxylation sites is 1. The number of hydrogen-bond acceptors (Lipinski definition) is 3. The van der Waals surface area contributed by atoms with E-state index in [0.717, 1.165) is 0 Å². The summed E-state index contributed by atoms with van der Waals surface area (Å²) in [6.45, 7) is 0. The van der Waals surface area contributed by atoms with Gasteiger partial charge in [-0.25, -0.2) is 14.3 Å². The van der Waals surface area contributed by atoms with Gasteiger partial charge in [0.15, 0.2) is 5.65 Å². The lowest BCUT2D eigenvalue weighted by Crippen LogP contribution is -2.11. The zero-order valence-corrected chi connectivity index (χ0v) is 10.7. The number of nitrogens with zero attached hydrogens (tertiary/aromatic N) is 2. The molecule has 3 rings (SSSR count). The number of rotatable bonds is 2. The van der Waals surface area contributed by atoms with Gasteiger partial charge < -0.3 is 4.74 Å². The molecule has 0 radical (unpaired) electrons. The third kappa shape index (κ3) is 1.80. The lowest BCUT2D eigenvalue weighted by molar-refractivity contribution is 0.450. The summed E-state index contributed by atoms with van der Waals surface area (Å²) >= 11 is 3.37. The summed E-state index contributed by atoms with van der Waals surface area (Å²) in [5.41, 5.74) is 0.173. The molecule has 0 aliphatic carbocycles. The van der Waals surface area contributed by atoms with Crippen LogP contribution in [0.3, 0.4) is 0 Å². The van der Waals surface area contributed by atoms with E-state index in [4.69, 9.17) is 4.74 Å². The Kier molecular flexibility index (Phi) is 2.64. The van der Waals surface area contributed by atoms with Crippen LogP contribution in [0.25, 0.3) is 5.65 Å². The number of hydrogen-bond donors (Lipinski definition) is 1. The Morgan fingerprint density at radius 2 is 1.94 bits per heavy atom. The smallest absolute Gasteiger partial charge is 0.350 e. The van der Waals surface area contributed by atoms with Gasteiger partial charge in [0.05, 0.1) is 4.47 Å². The first-order valence-corrected chi connectivity index (χ1v) is 6.03. The van der Waals surface area contributed by atoms with Crippen LogP contribution in [0.15, 0.2) is 51.7 Å². The summed E-state index contributed by atoms with van der Waals surface area (Å²) in [4.78, 5) is 11.7. The third-order valence-electron chi connectivity index (χ3n) is 2.44. The number of fused-ring (bicyclic) bond motifs is 1. The highest BCUT2D eigenvalue weighted by Crippen LogP contribution is 2.28. The van der Waals surface area contributed by atoms with Gasteiger partial charge in [-0.15, -0.1) is 0 Å². The first-order chi connectivity index (χ1) is 8.75. The molecule has 2 heterocycles. The minimum absolute atomic E-state index is 0.336. The molecule has 6 heteroatoms. The number of aromatic amines is 1. The van der Waals surface area contributed by atoms with Crippen molar-refractivity contribution in [2.45, 2.75) is 0 Å². The van der Waals surface area contributed by atoms with Crippen molar-refractivity contribution in [1.82, 2.24) is 14.6 Å². The highest BCUT2D eigenvalue weighted by Gasteiger charge is 2.11. The van der Waals surface area contributed by atoms with Gasteiger partial charge in [0.2, 0.25) is 5.88 Å². The van der Waals surface area contributed by atoms with Gasteiger partial charge in [-0.1, -0.05) is 18.2 Å². The molecule has 5 nitrogen and oxygen atoms in total. The lowest BCUT2D eigenvalue weighted by Gasteiger charge is -2.08. The van der Waals surface area contributed by atoms with E-state index in [2.05, 4.69) is 26.1 Å². The first kappa shape index (κ1) is 11.0. The number of benzene rings is 1. The minimum Gasteiger partial charge on any atom is -0.439 e. The molecule has 0 aliphatic rings. The summed E-state index contributed by atoms with van der Waals surface area (Å²) in [5, 5.41) is 6.27. The van der Waals surface area contributed by atoms with E-state index in [1.54, 1.807) is 12.1 Å². The molecule has 0 saturated carbocycles. The summed E-state index contributed by atoms with van der Waals surface area (Å²) in [6, 6.07) is 12.8. The van der Waals surface area contributed by atoms with Crippen LogP contribution in [0.5, 0.6) is 11.6 Å². The fourth-order valence-electron chi connectivity index (χ4n) is 1.64. The first-order valence-electron chi connectivity index (χ1n) is 5.24. The topological polar surface area (TPSA) is 59.4 Å². The van der Waals surface area contributed by atoms with Crippen molar-refractivity contribution in [2.24, 2.45) is 0 Å². The molecular formula is C12H8BrN3O2. The number of halogens is 1. The normalized spacial score (nSPS) is 10.7. The minimum atomic E-state index is -0.336. The van der Waals surface area contributed by atoms with Crippen molar-refractivity contribution in [1.29, 1.82) is 0 Å². The fourth-order valence-corrected chi connectivity index (χ4v) is 2.03. The van der Waals surface area contributed by atoms with Gasteiger partial charge >= 0.3 is 5.69 Å². The molecule has 0 spiro atoms. The van der Waals surface area contributed by atoms with Crippen LogP contribution in [0.1, 0.15) is 0 Å². The van der Waals surface area contributed by atoms with E-state index in [1.165, 1.54) is 4.40 Å². The number of pyridine rings is 1. The predicted octanol–water partition coefficient (Wildman–Crippen LogP) is 2.58. The maximum absolute atomic E-state index is 11.7. The van der Waals surface area contributed by atoms with Gasteiger partial charge in [0.1, 0.15) is 5.75 Å². The number of nitrogens with one attached hydrogen (secondary N) is 1. The van der Waals surface area contributed by atoms with Crippen molar-refractivity contribution in [3.8, 4) is 11.6 Å². The lowest BCUT2D eigenvalue weighted by atomic mass is 10.3. The summed E-state index contributed by atoms with van der Waals surface area (Å²) in [7, 11) is 0. The molecule has 0 atom stereocenters. The zero-order valence-electron chi connectivity index (χ0n) is 9.13. The predicted molar refractivity (Wildman–Crippen MR) is 70.0 cm³/mol. The summed E-state index contributed by atoms with van der Waals surface area (Å²) in [5.74, 6) is 1.05. The molecule has 0 amide bonds. The summed E-state index contributed by atoms with van der Waals surface area (Å²) in [6.07, 6.45) is 0. The van der Waals surface area contributed by atoms with E-state index in [-0.39, 0.29) is 5.69 Å². The number of aromatic nitrogens is 3. The van der Waals surface area contributed by atoms with E-state index in [1.807, 2.05) is 30.3 Å². The Bertz CT molecular complexity index is 749. The van der Waals surface area contributed by atoms with E-state index in [9.17, 15) is 4.79 Å². The maximum atomic E-state index is 11.7. The largest absolute Gasteiger partial charge is 0.439 e. The standard InChI is InChI=1S/C12H8BrN3O2/c13-9-6-7-10-14-15-12(17)16(10)11(9)18-8-4-2-1-3-5-8/h1-7H,(H,15,17). The fraction of sp³-hybridized carbons (Fsp3) is 0. The highest BCUT2D eigenvalue weighted by molar-refractivity contribution is 9.10. The molecular weight excluding hydrogens is 298 g/mol. The summed E-state index contributed by atoms with van der Waals surface area (Å²) < 4.78 is 7.77.